The molecule has 1 aromatic heterocycles. The van der Waals surface area contributed by atoms with Gasteiger partial charge in [-0.15, -0.1) is 0 Å². The van der Waals surface area contributed by atoms with Gasteiger partial charge in [-0.05, 0) is 0 Å². The molecule has 4 N–H and O–H groups in total. The van der Waals surface area contributed by atoms with Gasteiger partial charge >= 0.3 is 5.69 Å². The van der Waals surface area contributed by atoms with Crippen molar-refractivity contribution in [1.29, 1.82) is 0 Å². The number of aliphatic hydroxyl groups excluding tert-OH is 3. The molecule has 2 rings (SSSR count). The van der Waals surface area contributed by atoms with Gasteiger partial charge in [-0.25, -0.2) is 13.6 Å². The second kappa shape index (κ2) is 5.40. The Balaban J connectivity index is 2.46. The molecule has 1 aromatic rings. The quantitative estimate of drug-likeness (QED) is 0.515. The normalized spacial score (nSPS) is 30.1. The van der Waals surface area contributed by atoms with Gasteiger partial charge in [-0.1, -0.05) is 0 Å². The Hall–Kier alpha value is -1.62. The Bertz CT molecular complexity index is 600. The maximum atomic E-state index is 12.6. The van der Waals surface area contributed by atoms with Crippen LogP contribution in [0.3, 0.4) is 0 Å². The summed E-state index contributed by atoms with van der Waals surface area (Å²) in [5.74, 6) is 0. The maximum Gasteiger partial charge on any atom is 0.330 e. The highest BCUT2D eigenvalue weighted by molar-refractivity contribution is 5.07. The van der Waals surface area contributed by atoms with E-state index in [0.29, 0.717) is 10.8 Å². The Morgan fingerprint density at radius 1 is 1.35 bits per heavy atom. The molecule has 1 saturated heterocycles. The number of aliphatic hydroxyl groups is 3. The van der Waals surface area contributed by atoms with Crippen LogP contribution in [0.25, 0.3) is 0 Å². The topological polar surface area (TPSA) is 125 Å². The van der Waals surface area contributed by atoms with E-state index in [2.05, 4.69) is 0 Å². The molecular formula is C10H12F2N2O6. The lowest BCUT2D eigenvalue weighted by Crippen LogP contribution is -2.39. The van der Waals surface area contributed by atoms with Crippen LogP contribution in [-0.2, 0) is 4.74 Å². The first-order valence-electron chi connectivity index (χ1n) is 5.62. The zero-order chi connectivity index (χ0) is 15.0. The standard InChI is InChI=1S/C10H12F2N2O6/c11-7(12)3-1-14(10(19)13-8(3)18)9-6(17)5(16)4(2-15)20-9/h1,4-7,9,15-17H,2H2,(H,13,18,19). The van der Waals surface area contributed by atoms with E-state index >= 15 is 0 Å². The first-order chi connectivity index (χ1) is 9.36. The molecule has 0 aliphatic carbocycles. The first kappa shape index (κ1) is 14.8. The van der Waals surface area contributed by atoms with E-state index < -0.39 is 54.4 Å². The number of aromatic nitrogens is 2. The molecule has 112 valence electrons. The monoisotopic (exact) mass is 294 g/mol. The van der Waals surface area contributed by atoms with Gasteiger partial charge in [0.15, 0.2) is 6.23 Å². The number of hydrogen-bond acceptors (Lipinski definition) is 6. The molecule has 20 heavy (non-hydrogen) atoms. The van der Waals surface area contributed by atoms with Crippen molar-refractivity contribution in [3.63, 3.8) is 0 Å². The number of halogens is 2. The molecule has 2 heterocycles. The van der Waals surface area contributed by atoms with E-state index in [1.165, 1.54) is 0 Å². The van der Waals surface area contributed by atoms with Gasteiger partial charge in [0.05, 0.1) is 12.2 Å². The van der Waals surface area contributed by atoms with E-state index in [-0.39, 0.29) is 0 Å². The largest absolute Gasteiger partial charge is 0.394 e. The number of hydrogen-bond donors (Lipinski definition) is 4. The fourth-order valence-corrected chi connectivity index (χ4v) is 1.96. The predicted molar refractivity (Wildman–Crippen MR) is 59.3 cm³/mol. The Labute approximate surface area is 109 Å². The van der Waals surface area contributed by atoms with Crippen molar-refractivity contribution in [1.82, 2.24) is 9.55 Å². The maximum absolute atomic E-state index is 12.6. The number of nitrogens with zero attached hydrogens (tertiary/aromatic N) is 1. The van der Waals surface area contributed by atoms with Gasteiger partial charge in [0.25, 0.3) is 12.0 Å². The van der Waals surface area contributed by atoms with Crippen LogP contribution in [0.5, 0.6) is 0 Å². The SMILES string of the molecule is O=c1[nH]c(=O)n(C2OC(CO)C(O)C2O)cc1C(F)F. The first-order valence-corrected chi connectivity index (χ1v) is 5.62. The van der Waals surface area contributed by atoms with Gasteiger partial charge in [-0.3, -0.25) is 14.3 Å². The van der Waals surface area contributed by atoms with E-state index in [9.17, 15) is 28.6 Å². The van der Waals surface area contributed by atoms with Crippen molar-refractivity contribution in [3.05, 3.63) is 32.6 Å². The van der Waals surface area contributed by atoms with Crippen LogP contribution in [0.4, 0.5) is 8.78 Å². The molecule has 1 aliphatic heterocycles. The molecule has 1 aliphatic rings. The summed E-state index contributed by atoms with van der Waals surface area (Å²) in [5, 5.41) is 28.2. The number of ether oxygens (including phenoxy) is 1. The lowest BCUT2D eigenvalue weighted by Gasteiger charge is -2.17. The summed E-state index contributed by atoms with van der Waals surface area (Å²) in [6.07, 6.45) is -8.30. The summed E-state index contributed by atoms with van der Waals surface area (Å²) in [7, 11) is 0. The summed E-state index contributed by atoms with van der Waals surface area (Å²) in [5.41, 5.74) is -3.29. The van der Waals surface area contributed by atoms with Gasteiger partial charge < -0.3 is 20.1 Å². The molecule has 0 aromatic carbocycles. The molecule has 10 heteroatoms. The smallest absolute Gasteiger partial charge is 0.330 e. The number of aromatic amines is 1. The zero-order valence-corrected chi connectivity index (χ0v) is 9.94. The Morgan fingerprint density at radius 2 is 2.00 bits per heavy atom. The molecule has 0 amide bonds. The van der Waals surface area contributed by atoms with E-state index in [1.54, 1.807) is 4.98 Å². The second-order valence-electron chi connectivity index (χ2n) is 4.28. The van der Waals surface area contributed by atoms with Crippen LogP contribution >= 0.6 is 0 Å². The van der Waals surface area contributed by atoms with E-state index in [4.69, 9.17) is 9.84 Å². The van der Waals surface area contributed by atoms with Crippen LogP contribution in [0.2, 0.25) is 0 Å². The van der Waals surface area contributed by atoms with Crippen molar-refractivity contribution in [3.8, 4) is 0 Å². The number of nitrogens with one attached hydrogen (secondary N) is 1. The summed E-state index contributed by atoms with van der Waals surface area (Å²) in [6, 6.07) is 0. The second-order valence-corrected chi connectivity index (χ2v) is 4.28. The Morgan fingerprint density at radius 3 is 2.50 bits per heavy atom. The fourth-order valence-electron chi connectivity index (χ4n) is 1.96. The van der Waals surface area contributed by atoms with Gasteiger partial charge in [0, 0.05) is 6.20 Å². The van der Waals surface area contributed by atoms with E-state index in [0.717, 1.165) is 0 Å². The van der Waals surface area contributed by atoms with Crippen molar-refractivity contribution in [2.45, 2.75) is 31.0 Å². The van der Waals surface area contributed by atoms with E-state index in [1.807, 2.05) is 0 Å². The third kappa shape index (κ3) is 2.38. The minimum atomic E-state index is -3.12. The highest BCUT2D eigenvalue weighted by Gasteiger charge is 2.44. The lowest BCUT2D eigenvalue weighted by atomic mass is 10.1. The van der Waals surface area contributed by atoms with Crippen molar-refractivity contribution < 1.29 is 28.8 Å². The van der Waals surface area contributed by atoms with Crippen LogP contribution in [0, 0.1) is 0 Å². The van der Waals surface area contributed by atoms with Gasteiger partial charge in [0.2, 0.25) is 0 Å². The van der Waals surface area contributed by atoms with Crippen LogP contribution in [0.15, 0.2) is 15.8 Å². The molecule has 8 nitrogen and oxygen atoms in total. The van der Waals surface area contributed by atoms with Gasteiger partial charge in [0.1, 0.15) is 18.3 Å². The van der Waals surface area contributed by atoms with Crippen LogP contribution in [0.1, 0.15) is 18.2 Å². The molecule has 4 unspecified atom stereocenters. The highest BCUT2D eigenvalue weighted by Crippen LogP contribution is 2.28. The van der Waals surface area contributed by atoms with Crippen LogP contribution < -0.4 is 11.2 Å². The average molecular weight is 294 g/mol. The van der Waals surface area contributed by atoms with Crippen LogP contribution in [-0.4, -0.2) is 49.8 Å². The highest BCUT2D eigenvalue weighted by atomic mass is 19.3. The Kier molecular flexibility index (Phi) is 3.99. The lowest BCUT2D eigenvalue weighted by molar-refractivity contribution is -0.0554. The molecular weight excluding hydrogens is 282 g/mol. The predicted octanol–water partition coefficient (Wildman–Crippen LogP) is -1.91. The molecule has 0 spiro atoms. The molecule has 0 bridgehead atoms. The summed E-state index contributed by atoms with van der Waals surface area (Å²) < 4.78 is 30.8. The average Bonchev–Trinajstić information content (AvgIpc) is 2.66. The zero-order valence-electron chi connectivity index (χ0n) is 9.94. The fraction of sp³-hybridized carbons (Fsp3) is 0.600. The third-order valence-electron chi connectivity index (χ3n) is 3.02. The molecule has 0 saturated carbocycles. The minimum Gasteiger partial charge on any atom is -0.394 e. The third-order valence-corrected chi connectivity index (χ3v) is 3.02. The van der Waals surface area contributed by atoms with Gasteiger partial charge in [-0.2, -0.15) is 0 Å². The summed E-state index contributed by atoms with van der Waals surface area (Å²) in [6.45, 7) is -0.630. The molecule has 0 radical (unpaired) electrons. The molecule has 1 fully saturated rings. The van der Waals surface area contributed by atoms with Crippen molar-refractivity contribution in [2.75, 3.05) is 6.61 Å². The number of H-pyrrole nitrogens is 1. The number of rotatable bonds is 3. The minimum absolute atomic E-state index is 0.548. The van der Waals surface area contributed by atoms with Crippen molar-refractivity contribution >= 4 is 0 Å². The number of alkyl halides is 2. The summed E-state index contributed by atoms with van der Waals surface area (Å²) in [4.78, 5) is 24.4. The molecule has 4 atom stereocenters. The summed E-state index contributed by atoms with van der Waals surface area (Å²) >= 11 is 0. The van der Waals surface area contributed by atoms with Crippen molar-refractivity contribution in [2.24, 2.45) is 0 Å².